The topological polar surface area (TPSA) is 76.9 Å². The van der Waals surface area contributed by atoms with E-state index in [1.54, 1.807) is 12.1 Å². The van der Waals surface area contributed by atoms with Crippen molar-refractivity contribution in [3.05, 3.63) is 65.0 Å². The van der Waals surface area contributed by atoms with Crippen LogP contribution in [0.15, 0.2) is 59.4 Å². The minimum atomic E-state index is -0.526. The number of amides is 1. The Kier molecular flexibility index (Phi) is 5.64. The van der Waals surface area contributed by atoms with Crippen molar-refractivity contribution >= 4 is 11.7 Å². The first-order valence-corrected chi connectivity index (χ1v) is 9.65. The zero-order valence-corrected chi connectivity index (χ0v) is 17.4. The molecule has 2 heterocycles. The summed E-state index contributed by atoms with van der Waals surface area (Å²) < 4.78 is 1.46. The highest BCUT2D eigenvalue weighted by atomic mass is 16.2. The highest BCUT2D eigenvalue weighted by molar-refractivity contribution is 5.94. The first-order valence-electron chi connectivity index (χ1n) is 9.65. The number of benzene rings is 1. The number of anilines is 1. The lowest BCUT2D eigenvalue weighted by Crippen LogP contribution is -2.28. The minimum absolute atomic E-state index is 0.0547. The second-order valence-corrected chi connectivity index (χ2v) is 8.26. The second kappa shape index (κ2) is 7.99. The largest absolute Gasteiger partial charge is 0.310 e. The number of nitrogens with zero attached hydrogens (tertiary/aromatic N) is 3. The van der Waals surface area contributed by atoms with E-state index in [2.05, 4.69) is 10.4 Å². The average molecular weight is 390 g/mol. The maximum Gasteiger partial charge on any atom is 0.267 e. The number of nitrogens with one attached hydrogen (secondary N) is 1. The predicted octanol–water partition coefficient (Wildman–Crippen LogP) is 4.54. The van der Waals surface area contributed by atoms with Crippen molar-refractivity contribution in [1.82, 2.24) is 14.8 Å². The number of hydrogen-bond acceptors (Lipinski definition) is 4. The van der Waals surface area contributed by atoms with Crippen molar-refractivity contribution < 1.29 is 4.79 Å². The first kappa shape index (κ1) is 20.5. The van der Waals surface area contributed by atoms with Crippen molar-refractivity contribution in [2.75, 3.05) is 5.32 Å². The number of aromatic nitrogens is 3. The van der Waals surface area contributed by atoms with Crippen LogP contribution in [0.1, 0.15) is 40.7 Å². The van der Waals surface area contributed by atoms with Crippen LogP contribution in [0.25, 0.3) is 22.5 Å². The molecule has 29 heavy (non-hydrogen) atoms. The van der Waals surface area contributed by atoms with Gasteiger partial charge in [0.2, 0.25) is 5.91 Å². The average Bonchev–Trinajstić information content (AvgIpc) is 2.68. The molecule has 6 heteroatoms. The van der Waals surface area contributed by atoms with Gasteiger partial charge in [0, 0.05) is 22.6 Å². The van der Waals surface area contributed by atoms with Gasteiger partial charge in [0.05, 0.1) is 17.4 Å². The molecule has 0 fully saturated rings. The maximum atomic E-state index is 12.4. The summed E-state index contributed by atoms with van der Waals surface area (Å²) in [7, 11) is 0. The number of carbonyl (C=O) groups excluding carboxylic acids is 1. The molecule has 0 atom stereocenters. The molecule has 0 spiro atoms. The quantitative estimate of drug-likeness (QED) is 0.710. The molecule has 0 bridgehead atoms. The van der Waals surface area contributed by atoms with Crippen LogP contribution in [0, 0.1) is 5.41 Å². The molecule has 1 aromatic carbocycles. The summed E-state index contributed by atoms with van der Waals surface area (Å²) in [5, 5.41) is 7.42. The van der Waals surface area contributed by atoms with E-state index in [1.165, 1.54) is 10.7 Å². The van der Waals surface area contributed by atoms with Crippen LogP contribution in [-0.2, 0) is 4.79 Å². The lowest BCUT2D eigenvalue weighted by molar-refractivity contribution is -0.123. The van der Waals surface area contributed by atoms with Gasteiger partial charge < -0.3 is 5.32 Å². The van der Waals surface area contributed by atoms with Gasteiger partial charge in [-0.05, 0) is 32.0 Å². The lowest BCUT2D eigenvalue weighted by atomic mass is 9.96. The number of rotatable bonds is 4. The first-order chi connectivity index (χ1) is 13.7. The zero-order chi connectivity index (χ0) is 21.2. The fourth-order valence-electron chi connectivity index (χ4n) is 2.79. The van der Waals surface area contributed by atoms with E-state index in [0.29, 0.717) is 17.2 Å². The Balaban J connectivity index is 2.14. The van der Waals surface area contributed by atoms with Crippen LogP contribution in [0.3, 0.4) is 0 Å². The molecule has 0 saturated carbocycles. The third-order valence-electron chi connectivity index (χ3n) is 4.46. The van der Waals surface area contributed by atoms with Gasteiger partial charge in [0.15, 0.2) is 0 Å². The summed E-state index contributed by atoms with van der Waals surface area (Å²) in [5.41, 5.74) is 2.36. The fourth-order valence-corrected chi connectivity index (χ4v) is 2.79. The molecular weight excluding hydrogens is 364 g/mol. The molecule has 0 aliphatic carbocycles. The number of carbonyl (C=O) groups is 1. The van der Waals surface area contributed by atoms with Gasteiger partial charge in [-0.2, -0.15) is 5.10 Å². The minimum Gasteiger partial charge on any atom is -0.310 e. The van der Waals surface area contributed by atoms with Gasteiger partial charge in [-0.3, -0.25) is 9.59 Å². The third-order valence-corrected chi connectivity index (χ3v) is 4.46. The molecule has 3 rings (SSSR count). The predicted molar refractivity (Wildman–Crippen MR) is 116 cm³/mol. The Labute approximate surface area is 170 Å². The van der Waals surface area contributed by atoms with Crippen molar-refractivity contribution in [2.45, 2.75) is 40.7 Å². The lowest BCUT2D eigenvalue weighted by Gasteiger charge is -2.18. The molecule has 1 amide bonds. The van der Waals surface area contributed by atoms with E-state index in [4.69, 9.17) is 4.98 Å². The molecule has 1 N–H and O–H groups in total. The molecule has 150 valence electrons. The molecule has 0 aliphatic rings. The Morgan fingerprint density at radius 1 is 1.00 bits per heavy atom. The summed E-state index contributed by atoms with van der Waals surface area (Å²) in [6.45, 7) is 9.40. The monoisotopic (exact) mass is 390 g/mol. The van der Waals surface area contributed by atoms with E-state index < -0.39 is 5.41 Å². The standard InChI is InChI=1S/C23H26N4O2/c1-15(2)27-20(28)14-12-18(26-27)17-11-13-19(25-22(29)23(3,4)5)24-21(17)16-9-7-6-8-10-16/h6-15H,1-5H3,(H,24,25,29). The van der Waals surface area contributed by atoms with E-state index >= 15 is 0 Å². The van der Waals surface area contributed by atoms with Gasteiger partial charge in [0.1, 0.15) is 5.82 Å². The van der Waals surface area contributed by atoms with Crippen LogP contribution >= 0.6 is 0 Å². The second-order valence-electron chi connectivity index (χ2n) is 8.26. The van der Waals surface area contributed by atoms with Crippen molar-refractivity contribution in [2.24, 2.45) is 5.41 Å². The van der Waals surface area contributed by atoms with Gasteiger partial charge in [-0.1, -0.05) is 51.1 Å². The van der Waals surface area contributed by atoms with Crippen LogP contribution in [0.2, 0.25) is 0 Å². The molecular formula is C23H26N4O2. The summed E-state index contributed by atoms with van der Waals surface area (Å²) in [5.74, 6) is 0.368. The van der Waals surface area contributed by atoms with Crippen LogP contribution in [-0.4, -0.2) is 20.7 Å². The van der Waals surface area contributed by atoms with Crippen LogP contribution in [0.4, 0.5) is 5.82 Å². The number of pyridine rings is 1. The van der Waals surface area contributed by atoms with Crippen molar-refractivity contribution in [1.29, 1.82) is 0 Å². The molecule has 3 aromatic rings. The third kappa shape index (κ3) is 4.59. The van der Waals surface area contributed by atoms with E-state index in [-0.39, 0.29) is 17.5 Å². The summed E-state index contributed by atoms with van der Waals surface area (Å²) in [4.78, 5) is 29.2. The van der Waals surface area contributed by atoms with Crippen LogP contribution < -0.4 is 10.9 Å². The SMILES string of the molecule is CC(C)n1nc(-c2ccc(NC(=O)C(C)(C)C)nc2-c2ccccc2)ccc1=O. The number of hydrogen-bond donors (Lipinski definition) is 1. The highest BCUT2D eigenvalue weighted by Crippen LogP contribution is 2.31. The smallest absolute Gasteiger partial charge is 0.267 e. The Morgan fingerprint density at radius 3 is 2.31 bits per heavy atom. The fraction of sp³-hybridized carbons (Fsp3) is 0.304. The van der Waals surface area contributed by atoms with Gasteiger partial charge in [0.25, 0.3) is 5.56 Å². The molecule has 2 aromatic heterocycles. The van der Waals surface area contributed by atoms with Gasteiger partial charge in [-0.15, -0.1) is 0 Å². The molecule has 0 aliphatic heterocycles. The van der Waals surface area contributed by atoms with Crippen LogP contribution in [0.5, 0.6) is 0 Å². The maximum absolute atomic E-state index is 12.4. The molecule has 0 saturated heterocycles. The summed E-state index contributed by atoms with van der Waals surface area (Å²) >= 11 is 0. The van der Waals surface area contributed by atoms with E-state index in [1.807, 2.05) is 71.0 Å². The summed E-state index contributed by atoms with van der Waals surface area (Å²) in [6, 6.07) is 16.5. The Bertz CT molecular complexity index is 1080. The highest BCUT2D eigenvalue weighted by Gasteiger charge is 2.22. The normalized spacial score (nSPS) is 11.5. The Hall–Kier alpha value is -3.28. The molecule has 6 nitrogen and oxygen atoms in total. The summed E-state index contributed by atoms with van der Waals surface area (Å²) in [6.07, 6.45) is 0. The Morgan fingerprint density at radius 2 is 1.69 bits per heavy atom. The van der Waals surface area contributed by atoms with Crippen molar-refractivity contribution in [3.63, 3.8) is 0 Å². The molecule has 0 radical (unpaired) electrons. The van der Waals surface area contributed by atoms with Gasteiger partial charge in [-0.25, -0.2) is 9.67 Å². The van der Waals surface area contributed by atoms with E-state index in [0.717, 1.165) is 11.1 Å². The zero-order valence-electron chi connectivity index (χ0n) is 17.4. The van der Waals surface area contributed by atoms with E-state index in [9.17, 15) is 9.59 Å². The molecule has 0 unspecified atom stereocenters. The van der Waals surface area contributed by atoms with Crippen molar-refractivity contribution in [3.8, 4) is 22.5 Å². The van der Waals surface area contributed by atoms with Gasteiger partial charge >= 0.3 is 0 Å².